The molecule has 0 radical (unpaired) electrons. The standard InChI is InChI=1S/C19H24O3/c1-6-18(2,3)17(20)22-16-12-8-9-13-14(16)10-7-11-15(13)19(4,5)21/h7-12,21H,6H2,1-5H3. The van der Waals surface area contributed by atoms with Gasteiger partial charge in [-0.3, -0.25) is 4.79 Å². The van der Waals surface area contributed by atoms with Crippen molar-refractivity contribution in [3.05, 3.63) is 42.0 Å². The van der Waals surface area contributed by atoms with Crippen LogP contribution in [0.25, 0.3) is 10.8 Å². The van der Waals surface area contributed by atoms with Crippen LogP contribution < -0.4 is 4.74 Å². The molecule has 0 bridgehead atoms. The Hall–Kier alpha value is -1.87. The van der Waals surface area contributed by atoms with Crippen LogP contribution in [0.4, 0.5) is 0 Å². The summed E-state index contributed by atoms with van der Waals surface area (Å²) in [6.45, 7) is 9.23. The van der Waals surface area contributed by atoms with E-state index in [1.54, 1.807) is 19.9 Å². The number of hydrogen-bond acceptors (Lipinski definition) is 3. The van der Waals surface area contributed by atoms with E-state index in [9.17, 15) is 9.90 Å². The van der Waals surface area contributed by atoms with Crippen LogP contribution in [-0.4, -0.2) is 11.1 Å². The van der Waals surface area contributed by atoms with E-state index >= 15 is 0 Å². The van der Waals surface area contributed by atoms with Gasteiger partial charge >= 0.3 is 5.97 Å². The second-order valence-electron chi connectivity index (χ2n) is 6.84. The van der Waals surface area contributed by atoms with Crippen LogP contribution in [0.3, 0.4) is 0 Å². The predicted molar refractivity (Wildman–Crippen MR) is 88.9 cm³/mol. The fourth-order valence-corrected chi connectivity index (χ4v) is 2.29. The molecule has 0 unspecified atom stereocenters. The normalized spacial score (nSPS) is 12.5. The molecule has 3 heteroatoms. The smallest absolute Gasteiger partial charge is 0.316 e. The lowest BCUT2D eigenvalue weighted by Crippen LogP contribution is -2.28. The summed E-state index contributed by atoms with van der Waals surface area (Å²) in [5.74, 6) is 0.297. The van der Waals surface area contributed by atoms with Crippen molar-refractivity contribution in [3.8, 4) is 5.75 Å². The predicted octanol–water partition coefficient (Wildman–Crippen LogP) is 4.41. The Kier molecular flexibility index (Phi) is 4.30. The van der Waals surface area contributed by atoms with Gasteiger partial charge in [-0.25, -0.2) is 0 Å². The van der Waals surface area contributed by atoms with E-state index in [1.807, 2.05) is 51.1 Å². The largest absolute Gasteiger partial charge is 0.425 e. The molecule has 0 heterocycles. The summed E-state index contributed by atoms with van der Waals surface area (Å²) in [6, 6.07) is 11.2. The molecular formula is C19H24O3. The van der Waals surface area contributed by atoms with Crippen molar-refractivity contribution in [2.75, 3.05) is 0 Å². The second kappa shape index (κ2) is 5.73. The lowest BCUT2D eigenvalue weighted by atomic mass is 9.90. The Morgan fingerprint density at radius 1 is 1.05 bits per heavy atom. The van der Waals surface area contributed by atoms with Crippen molar-refractivity contribution in [1.29, 1.82) is 0 Å². The molecule has 0 aliphatic rings. The van der Waals surface area contributed by atoms with Gasteiger partial charge in [0.05, 0.1) is 11.0 Å². The molecule has 2 aromatic rings. The molecule has 0 fully saturated rings. The first-order valence-electron chi connectivity index (χ1n) is 7.63. The third kappa shape index (κ3) is 3.14. The topological polar surface area (TPSA) is 46.5 Å². The van der Waals surface area contributed by atoms with Crippen LogP contribution in [-0.2, 0) is 10.4 Å². The van der Waals surface area contributed by atoms with E-state index in [1.165, 1.54) is 0 Å². The average molecular weight is 300 g/mol. The number of ether oxygens (including phenoxy) is 1. The van der Waals surface area contributed by atoms with Crippen LogP contribution in [0, 0.1) is 5.41 Å². The zero-order valence-electron chi connectivity index (χ0n) is 13.9. The van der Waals surface area contributed by atoms with Gasteiger partial charge in [0.15, 0.2) is 0 Å². The molecule has 2 rings (SSSR count). The van der Waals surface area contributed by atoms with Crippen molar-refractivity contribution in [1.82, 2.24) is 0 Å². The quantitative estimate of drug-likeness (QED) is 0.672. The summed E-state index contributed by atoms with van der Waals surface area (Å²) < 4.78 is 5.63. The van der Waals surface area contributed by atoms with Gasteiger partial charge in [0.1, 0.15) is 5.75 Å². The van der Waals surface area contributed by atoms with Crippen molar-refractivity contribution in [2.45, 2.75) is 46.6 Å². The third-order valence-electron chi connectivity index (χ3n) is 4.18. The molecule has 0 spiro atoms. The Bertz CT molecular complexity index is 693. The van der Waals surface area contributed by atoms with Crippen LogP contribution in [0.15, 0.2) is 36.4 Å². The molecule has 0 atom stereocenters. The monoisotopic (exact) mass is 300 g/mol. The molecule has 1 N–H and O–H groups in total. The van der Waals surface area contributed by atoms with Gasteiger partial charge in [0.25, 0.3) is 0 Å². The van der Waals surface area contributed by atoms with Crippen molar-refractivity contribution in [3.63, 3.8) is 0 Å². The molecule has 0 aliphatic carbocycles. The molecule has 0 amide bonds. The minimum absolute atomic E-state index is 0.240. The Morgan fingerprint density at radius 2 is 1.64 bits per heavy atom. The summed E-state index contributed by atoms with van der Waals surface area (Å²) in [5.41, 5.74) is -0.654. The minimum atomic E-state index is -0.954. The summed E-state index contributed by atoms with van der Waals surface area (Å²) in [4.78, 5) is 12.3. The van der Waals surface area contributed by atoms with E-state index < -0.39 is 11.0 Å². The Labute approximate surface area is 131 Å². The molecule has 0 saturated heterocycles. The first kappa shape index (κ1) is 16.5. The van der Waals surface area contributed by atoms with Crippen molar-refractivity contribution in [2.24, 2.45) is 5.41 Å². The summed E-state index contributed by atoms with van der Waals surface area (Å²) in [7, 11) is 0. The van der Waals surface area contributed by atoms with Gasteiger partial charge in [-0.1, -0.05) is 37.3 Å². The highest BCUT2D eigenvalue weighted by Crippen LogP contribution is 2.34. The van der Waals surface area contributed by atoms with Gasteiger partial charge in [0, 0.05) is 5.39 Å². The number of hydrogen-bond donors (Lipinski definition) is 1. The van der Waals surface area contributed by atoms with E-state index in [2.05, 4.69) is 0 Å². The number of carbonyl (C=O) groups is 1. The van der Waals surface area contributed by atoms with Gasteiger partial charge in [-0.15, -0.1) is 0 Å². The molecule has 0 aromatic heterocycles. The average Bonchev–Trinajstić information content (AvgIpc) is 2.46. The van der Waals surface area contributed by atoms with Gasteiger partial charge in [-0.05, 0) is 51.1 Å². The maximum absolute atomic E-state index is 12.3. The fraction of sp³-hybridized carbons (Fsp3) is 0.421. The zero-order chi connectivity index (χ0) is 16.5. The third-order valence-corrected chi connectivity index (χ3v) is 4.18. The van der Waals surface area contributed by atoms with Gasteiger partial charge in [0.2, 0.25) is 0 Å². The highest BCUT2D eigenvalue weighted by molar-refractivity contribution is 5.93. The number of aliphatic hydroxyl groups is 1. The van der Waals surface area contributed by atoms with Crippen molar-refractivity contribution >= 4 is 16.7 Å². The lowest BCUT2D eigenvalue weighted by molar-refractivity contribution is -0.144. The highest BCUT2D eigenvalue weighted by Gasteiger charge is 2.28. The fourth-order valence-electron chi connectivity index (χ4n) is 2.29. The number of esters is 1. The van der Waals surface area contributed by atoms with E-state index in [0.717, 1.165) is 16.3 Å². The molecule has 3 nitrogen and oxygen atoms in total. The lowest BCUT2D eigenvalue weighted by Gasteiger charge is -2.23. The van der Waals surface area contributed by atoms with E-state index in [0.29, 0.717) is 12.2 Å². The summed E-state index contributed by atoms with van der Waals surface area (Å²) >= 11 is 0. The van der Waals surface area contributed by atoms with Crippen LogP contribution in [0.1, 0.15) is 46.6 Å². The summed E-state index contributed by atoms with van der Waals surface area (Å²) in [6.07, 6.45) is 0.714. The Morgan fingerprint density at radius 3 is 2.23 bits per heavy atom. The number of rotatable bonds is 4. The van der Waals surface area contributed by atoms with E-state index in [-0.39, 0.29) is 5.97 Å². The maximum atomic E-state index is 12.3. The van der Waals surface area contributed by atoms with E-state index in [4.69, 9.17) is 4.74 Å². The highest BCUT2D eigenvalue weighted by atomic mass is 16.5. The number of carbonyl (C=O) groups excluding carboxylic acids is 1. The van der Waals surface area contributed by atoms with Gasteiger partial charge in [-0.2, -0.15) is 0 Å². The summed E-state index contributed by atoms with van der Waals surface area (Å²) in [5, 5.41) is 12.1. The molecular weight excluding hydrogens is 276 g/mol. The second-order valence-corrected chi connectivity index (χ2v) is 6.84. The SMILES string of the molecule is CCC(C)(C)C(=O)Oc1cccc2c(C(C)(C)O)cccc12. The first-order chi connectivity index (χ1) is 10.2. The van der Waals surface area contributed by atoms with Crippen LogP contribution >= 0.6 is 0 Å². The maximum Gasteiger partial charge on any atom is 0.316 e. The molecule has 0 aliphatic heterocycles. The van der Waals surface area contributed by atoms with Crippen LogP contribution in [0.5, 0.6) is 5.75 Å². The van der Waals surface area contributed by atoms with Crippen molar-refractivity contribution < 1.29 is 14.6 Å². The Balaban J connectivity index is 2.51. The van der Waals surface area contributed by atoms with Crippen LogP contribution in [0.2, 0.25) is 0 Å². The zero-order valence-corrected chi connectivity index (χ0v) is 13.9. The minimum Gasteiger partial charge on any atom is -0.425 e. The molecule has 0 saturated carbocycles. The molecule has 118 valence electrons. The number of benzene rings is 2. The number of fused-ring (bicyclic) bond motifs is 1. The van der Waals surface area contributed by atoms with Gasteiger partial charge < -0.3 is 9.84 Å². The first-order valence-corrected chi connectivity index (χ1v) is 7.63. The molecule has 2 aromatic carbocycles. The molecule has 22 heavy (non-hydrogen) atoms.